The highest BCUT2D eigenvalue weighted by molar-refractivity contribution is 6.35. The molecule has 2 aliphatic heterocycles. The van der Waals surface area contributed by atoms with Crippen molar-refractivity contribution in [1.29, 1.82) is 0 Å². The van der Waals surface area contributed by atoms with Crippen molar-refractivity contribution in [2.75, 3.05) is 64.8 Å². The summed E-state index contributed by atoms with van der Waals surface area (Å²) in [6.45, 7) is 5.66. The Hall–Kier alpha value is -2.61. The number of nitrogens with zero attached hydrogens (tertiary/aromatic N) is 4. The molecule has 164 valence electrons. The van der Waals surface area contributed by atoms with Crippen molar-refractivity contribution in [2.45, 2.75) is 25.8 Å². The maximum Gasteiger partial charge on any atom is 0.312 e. The summed E-state index contributed by atoms with van der Waals surface area (Å²) in [5.74, 6) is -1.08. The second-order valence-electron chi connectivity index (χ2n) is 8.25. The number of amides is 3. The number of carbonyl (C=O) groups is 3. The van der Waals surface area contributed by atoms with Gasteiger partial charge in [-0.15, -0.1) is 0 Å². The van der Waals surface area contributed by atoms with Crippen LogP contribution in [0.2, 0.25) is 0 Å². The highest BCUT2D eigenvalue weighted by Gasteiger charge is 2.29. The molecular formula is C22H33N5O3. The summed E-state index contributed by atoms with van der Waals surface area (Å²) in [6, 6.07) is 8.43. The molecule has 1 N–H and O–H groups in total. The number of benzene rings is 1. The summed E-state index contributed by atoms with van der Waals surface area (Å²) < 4.78 is 0. The van der Waals surface area contributed by atoms with E-state index in [2.05, 4.69) is 39.4 Å². The molecule has 30 heavy (non-hydrogen) atoms. The van der Waals surface area contributed by atoms with Crippen LogP contribution in [-0.4, -0.2) is 92.3 Å². The first-order valence-electron chi connectivity index (χ1n) is 10.7. The average Bonchev–Trinajstić information content (AvgIpc) is 3.28. The number of carbonyl (C=O) groups excluding carboxylic acids is 3. The number of anilines is 1. The number of nitrogens with one attached hydrogen (secondary N) is 1. The number of piperazine rings is 1. The Morgan fingerprint density at radius 1 is 0.933 bits per heavy atom. The Morgan fingerprint density at radius 2 is 1.50 bits per heavy atom. The molecule has 1 aromatic rings. The van der Waals surface area contributed by atoms with Gasteiger partial charge in [0, 0.05) is 59.4 Å². The fraction of sp³-hybridized carbons (Fsp3) is 0.591. The second kappa shape index (κ2) is 9.93. The van der Waals surface area contributed by atoms with Crippen molar-refractivity contribution in [3.63, 3.8) is 0 Å². The van der Waals surface area contributed by atoms with E-state index in [0.717, 1.165) is 37.2 Å². The summed E-state index contributed by atoms with van der Waals surface area (Å²) in [6.07, 6.45) is 2.30. The SMILES string of the molecule is CC(=O)N1CCN(C(=O)C(=O)NC[C@H](c2ccc(N(C)C)cc2)N2CCCC2)CC1. The van der Waals surface area contributed by atoms with E-state index in [1.807, 2.05) is 14.1 Å². The minimum absolute atomic E-state index is 0.000269. The highest BCUT2D eigenvalue weighted by atomic mass is 16.2. The lowest BCUT2D eigenvalue weighted by atomic mass is 10.0. The van der Waals surface area contributed by atoms with Crippen LogP contribution in [0.25, 0.3) is 0 Å². The van der Waals surface area contributed by atoms with E-state index in [1.165, 1.54) is 11.8 Å². The molecule has 2 aliphatic rings. The summed E-state index contributed by atoms with van der Waals surface area (Å²) in [5, 5.41) is 2.86. The fourth-order valence-corrected chi connectivity index (χ4v) is 4.14. The zero-order valence-electron chi connectivity index (χ0n) is 18.3. The van der Waals surface area contributed by atoms with Gasteiger partial charge in [0.25, 0.3) is 0 Å². The molecule has 3 amide bonds. The smallest absolute Gasteiger partial charge is 0.312 e. The van der Waals surface area contributed by atoms with Crippen LogP contribution in [0, 0.1) is 0 Å². The Labute approximate surface area is 178 Å². The lowest BCUT2D eigenvalue weighted by Gasteiger charge is -2.34. The van der Waals surface area contributed by atoms with E-state index >= 15 is 0 Å². The lowest BCUT2D eigenvalue weighted by Crippen LogP contribution is -2.54. The lowest BCUT2D eigenvalue weighted by molar-refractivity contribution is -0.148. The molecule has 0 spiro atoms. The van der Waals surface area contributed by atoms with Gasteiger partial charge in [-0.05, 0) is 43.6 Å². The van der Waals surface area contributed by atoms with Gasteiger partial charge in [0.1, 0.15) is 0 Å². The number of likely N-dealkylation sites (tertiary alicyclic amines) is 1. The Morgan fingerprint density at radius 3 is 2.03 bits per heavy atom. The Bertz CT molecular complexity index is 751. The van der Waals surface area contributed by atoms with Crippen LogP contribution in [0.5, 0.6) is 0 Å². The third-order valence-corrected chi connectivity index (χ3v) is 6.04. The minimum Gasteiger partial charge on any atom is -0.378 e. The van der Waals surface area contributed by atoms with Gasteiger partial charge in [-0.3, -0.25) is 19.3 Å². The van der Waals surface area contributed by atoms with Crippen LogP contribution in [0.15, 0.2) is 24.3 Å². The molecule has 1 aromatic carbocycles. The molecule has 8 nitrogen and oxygen atoms in total. The van der Waals surface area contributed by atoms with Gasteiger partial charge in [-0.2, -0.15) is 0 Å². The van der Waals surface area contributed by atoms with Gasteiger partial charge in [-0.25, -0.2) is 0 Å². The largest absolute Gasteiger partial charge is 0.378 e. The van der Waals surface area contributed by atoms with Crippen molar-refractivity contribution < 1.29 is 14.4 Å². The van der Waals surface area contributed by atoms with E-state index in [0.29, 0.717) is 32.7 Å². The third kappa shape index (κ3) is 5.30. The number of rotatable bonds is 5. The topological polar surface area (TPSA) is 76.2 Å². The molecule has 0 aliphatic carbocycles. The maximum atomic E-state index is 12.6. The molecule has 0 aromatic heterocycles. The van der Waals surface area contributed by atoms with Crippen LogP contribution in [0.1, 0.15) is 31.4 Å². The molecule has 0 saturated carbocycles. The standard InChI is InChI=1S/C22H33N5O3/c1-17(28)25-12-14-27(15-13-25)22(30)21(29)23-16-20(26-10-4-5-11-26)18-6-8-19(9-7-18)24(2)3/h6-9,20H,4-5,10-16H2,1-3H3,(H,23,29)/t20-/m1/s1. The minimum atomic E-state index is -0.569. The van der Waals surface area contributed by atoms with Crippen LogP contribution in [0.3, 0.4) is 0 Å². The molecule has 0 radical (unpaired) electrons. The quantitative estimate of drug-likeness (QED) is 0.717. The first-order chi connectivity index (χ1) is 14.4. The zero-order valence-corrected chi connectivity index (χ0v) is 18.3. The van der Waals surface area contributed by atoms with Gasteiger partial charge >= 0.3 is 11.8 Å². The average molecular weight is 416 g/mol. The predicted molar refractivity (Wildman–Crippen MR) is 116 cm³/mol. The summed E-state index contributed by atoms with van der Waals surface area (Å²) in [7, 11) is 4.02. The van der Waals surface area contributed by atoms with E-state index in [1.54, 1.807) is 4.90 Å². The van der Waals surface area contributed by atoms with E-state index in [4.69, 9.17) is 0 Å². The molecule has 0 unspecified atom stereocenters. The van der Waals surface area contributed by atoms with E-state index in [-0.39, 0.29) is 11.9 Å². The van der Waals surface area contributed by atoms with Crippen LogP contribution in [-0.2, 0) is 14.4 Å². The van der Waals surface area contributed by atoms with Gasteiger partial charge in [0.05, 0.1) is 6.04 Å². The molecule has 3 rings (SSSR count). The van der Waals surface area contributed by atoms with Gasteiger partial charge in [0.15, 0.2) is 0 Å². The van der Waals surface area contributed by atoms with Crippen LogP contribution in [0.4, 0.5) is 5.69 Å². The first kappa shape index (κ1) is 22.1. The fourth-order valence-electron chi connectivity index (χ4n) is 4.14. The van der Waals surface area contributed by atoms with Crippen molar-refractivity contribution in [3.05, 3.63) is 29.8 Å². The summed E-state index contributed by atoms with van der Waals surface area (Å²) in [5.41, 5.74) is 2.27. The van der Waals surface area contributed by atoms with Gasteiger partial charge in [0.2, 0.25) is 5.91 Å². The monoisotopic (exact) mass is 415 g/mol. The second-order valence-corrected chi connectivity index (χ2v) is 8.25. The zero-order chi connectivity index (χ0) is 21.7. The van der Waals surface area contributed by atoms with Crippen molar-refractivity contribution in [2.24, 2.45) is 0 Å². The van der Waals surface area contributed by atoms with Crippen molar-refractivity contribution in [1.82, 2.24) is 20.0 Å². The van der Waals surface area contributed by atoms with Crippen molar-refractivity contribution >= 4 is 23.4 Å². The highest BCUT2D eigenvalue weighted by Crippen LogP contribution is 2.26. The maximum absolute atomic E-state index is 12.6. The molecule has 2 fully saturated rings. The molecule has 2 saturated heterocycles. The summed E-state index contributed by atoms with van der Waals surface area (Å²) in [4.78, 5) is 44.2. The molecule has 1 atom stereocenters. The molecule has 0 bridgehead atoms. The van der Waals surface area contributed by atoms with E-state index in [9.17, 15) is 14.4 Å². The molecular weight excluding hydrogens is 382 g/mol. The summed E-state index contributed by atoms with van der Waals surface area (Å²) >= 11 is 0. The number of hydrogen-bond donors (Lipinski definition) is 1. The Balaban J connectivity index is 1.60. The predicted octanol–water partition coefficient (Wildman–Crippen LogP) is 0.696. The normalized spacial score (nSPS) is 18.2. The number of hydrogen-bond acceptors (Lipinski definition) is 5. The Kier molecular flexibility index (Phi) is 7.31. The van der Waals surface area contributed by atoms with Crippen LogP contribution < -0.4 is 10.2 Å². The molecule has 2 heterocycles. The molecule has 8 heteroatoms. The van der Waals surface area contributed by atoms with Crippen LogP contribution >= 0.6 is 0 Å². The van der Waals surface area contributed by atoms with Crippen molar-refractivity contribution in [3.8, 4) is 0 Å². The first-order valence-corrected chi connectivity index (χ1v) is 10.7. The van der Waals surface area contributed by atoms with E-state index < -0.39 is 11.8 Å². The van der Waals surface area contributed by atoms with Gasteiger partial charge in [-0.1, -0.05) is 12.1 Å². The van der Waals surface area contributed by atoms with Gasteiger partial charge < -0.3 is 20.0 Å². The third-order valence-electron chi connectivity index (χ3n) is 6.04.